The van der Waals surface area contributed by atoms with E-state index in [0.29, 0.717) is 13.0 Å². The fourth-order valence-electron chi connectivity index (χ4n) is 1.93. The molecule has 1 atom stereocenters. The molecule has 1 aromatic rings. The van der Waals surface area contributed by atoms with Crippen molar-refractivity contribution in [3.63, 3.8) is 0 Å². The van der Waals surface area contributed by atoms with Gasteiger partial charge in [-0.15, -0.1) is 0 Å². The molecule has 84 valence electrons. The zero-order chi connectivity index (χ0) is 11.5. The van der Waals surface area contributed by atoms with Crippen LogP contribution in [-0.2, 0) is 9.53 Å². The highest BCUT2D eigenvalue weighted by molar-refractivity contribution is 5.81. The van der Waals surface area contributed by atoms with Crippen LogP contribution in [0.5, 0.6) is 0 Å². The van der Waals surface area contributed by atoms with Crippen LogP contribution in [0.15, 0.2) is 24.3 Å². The minimum absolute atomic E-state index is 0.236. The second-order valence-corrected chi connectivity index (χ2v) is 3.72. The van der Waals surface area contributed by atoms with Gasteiger partial charge in [-0.25, -0.2) is 4.39 Å². The van der Waals surface area contributed by atoms with E-state index in [0.717, 1.165) is 11.1 Å². The second-order valence-electron chi connectivity index (χ2n) is 3.72. The van der Waals surface area contributed by atoms with Gasteiger partial charge in [0.25, 0.3) is 0 Å². The van der Waals surface area contributed by atoms with Crippen molar-refractivity contribution in [3.05, 3.63) is 41.2 Å². The summed E-state index contributed by atoms with van der Waals surface area (Å²) in [5.41, 5.74) is 1.62. The van der Waals surface area contributed by atoms with Gasteiger partial charge in [-0.3, -0.25) is 4.79 Å². The lowest BCUT2D eigenvalue weighted by Gasteiger charge is -2.19. The molecule has 0 aromatic heterocycles. The zero-order valence-corrected chi connectivity index (χ0v) is 9.07. The van der Waals surface area contributed by atoms with E-state index in [-0.39, 0.29) is 17.7 Å². The van der Waals surface area contributed by atoms with Crippen LogP contribution < -0.4 is 0 Å². The van der Waals surface area contributed by atoms with Gasteiger partial charge in [-0.1, -0.05) is 18.2 Å². The highest BCUT2D eigenvalue weighted by atomic mass is 19.1. The van der Waals surface area contributed by atoms with Crippen LogP contribution >= 0.6 is 0 Å². The van der Waals surface area contributed by atoms with Gasteiger partial charge < -0.3 is 4.74 Å². The molecule has 1 unspecified atom stereocenters. The van der Waals surface area contributed by atoms with Crippen LogP contribution in [0.3, 0.4) is 0 Å². The van der Waals surface area contributed by atoms with Crippen molar-refractivity contribution >= 4 is 12.0 Å². The molecular weight excluding hydrogens is 207 g/mol. The molecule has 3 heteroatoms. The smallest absolute Gasteiger partial charge is 0.313 e. The van der Waals surface area contributed by atoms with Crippen LogP contribution in [0, 0.1) is 5.82 Å². The minimum atomic E-state index is -0.291. The first-order chi connectivity index (χ1) is 7.72. The number of ether oxygens (including phenoxy) is 1. The quantitative estimate of drug-likeness (QED) is 0.716. The third-order valence-corrected chi connectivity index (χ3v) is 2.66. The molecule has 1 aliphatic carbocycles. The number of benzene rings is 1. The summed E-state index contributed by atoms with van der Waals surface area (Å²) in [6.45, 7) is 2.15. The summed E-state index contributed by atoms with van der Waals surface area (Å²) >= 11 is 0. The fourth-order valence-corrected chi connectivity index (χ4v) is 1.93. The number of rotatable bonds is 2. The number of carbonyl (C=O) groups is 1. The lowest BCUT2D eigenvalue weighted by molar-refractivity contribution is -0.144. The van der Waals surface area contributed by atoms with Gasteiger partial charge in [0.2, 0.25) is 0 Å². The molecule has 0 amide bonds. The molecule has 2 nitrogen and oxygen atoms in total. The maximum absolute atomic E-state index is 13.0. The van der Waals surface area contributed by atoms with E-state index in [1.807, 2.05) is 12.2 Å². The topological polar surface area (TPSA) is 26.3 Å². The standard InChI is InChI=1S/C13H13FO2/c1-2-16-13(15)12-5-3-4-9-8-10(14)6-7-11(9)12/h3-4,6-8,12H,2,5H2,1H3. The maximum Gasteiger partial charge on any atom is 0.313 e. The van der Waals surface area contributed by atoms with E-state index < -0.39 is 0 Å². The van der Waals surface area contributed by atoms with Crippen molar-refractivity contribution in [2.24, 2.45) is 0 Å². The first kappa shape index (κ1) is 10.9. The maximum atomic E-state index is 13.0. The molecule has 0 radical (unpaired) electrons. The Kier molecular flexibility index (Phi) is 3.04. The molecular formula is C13H13FO2. The molecule has 0 fully saturated rings. The molecule has 0 saturated carbocycles. The molecule has 0 saturated heterocycles. The number of hydrogen-bond acceptors (Lipinski definition) is 2. The molecule has 1 aliphatic rings. The number of allylic oxidation sites excluding steroid dienone is 1. The van der Waals surface area contributed by atoms with Gasteiger partial charge in [0.05, 0.1) is 12.5 Å². The van der Waals surface area contributed by atoms with Crippen molar-refractivity contribution in [2.45, 2.75) is 19.3 Å². The van der Waals surface area contributed by atoms with E-state index in [1.54, 1.807) is 13.0 Å². The monoisotopic (exact) mass is 220 g/mol. The van der Waals surface area contributed by atoms with Gasteiger partial charge >= 0.3 is 5.97 Å². The van der Waals surface area contributed by atoms with Gasteiger partial charge in [-0.2, -0.15) is 0 Å². The molecule has 2 rings (SSSR count). The number of hydrogen-bond donors (Lipinski definition) is 0. The van der Waals surface area contributed by atoms with Crippen LogP contribution in [0.1, 0.15) is 30.4 Å². The highest BCUT2D eigenvalue weighted by Crippen LogP contribution is 2.31. The van der Waals surface area contributed by atoms with Crippen molar-refractivity contribution in [1.29, 1.82) is 0 Å². The van der Waals surface area contributed by atoms with E-state index >= 15 is 0 Å². The molecule has 0 aliphatic heterocycles. The molecule has 0 bridgehead atoms. The number of esters is 1. The molecule has 1 aromatic carbocycles. The van der Waals surface area contributed by atoms with Gasteiger partial charge in [0.15, 0.2) is 0 Å². The third kappa shape index (κ3) is 1.98. The van der Waals surface area contributed by atoms with E-state index in [9.17, 15) is 9.18 Å². The van der Waals surface area contributed by atoms with Gasteiger partial charge in [-0.05, 0) is 36.6 Å². The van der Waals surface area contributed by atoms with Gasteiger partial charge in [0, 0.05) is 0 Å². The lowest BCUT2D eigenvalue weighted by atomic mass is 9.87. The molecule has 16 heavy (non-hydrogen) atoms. The molecule has 0 heterocycles. The average Bonchev–Trinajstić information content (AvgIpc) is 2.28. The Hall–Kier alpha value is -1.64. The summed E-state index contributed by atoms with van der Waals surface area (Å²) in [7, 11) is 0. The first-order valence-corrected chi connectivity index (χ1v) is 5.35. The second kappa shape index (κ2) is 4.47. The summed E-state index contributed by atoms with van der Waals surface area (Å²) in [5.74, 6) is -0.812. The van der Waals surface area contributed by atoms with Gasteiger partial charge in [0.1, 0.15) is 5.82 Å². The Morgan fingerprint density at radius 1 is 1.56 bits per heavy atom. The summed E-state index contributed by atoms with van der Waals surface area (Å²) in [6.07, 6.45) is 4.34. The first-order valence-electron chi connectivity index (χ1n) is 5.35. The van der Waals surface area contributed by atoms with Crippen molar-refractivity contribution in [2.75, 3.05) is 6.61 Å². The molecule has 0 spiro atoms. The Morgan fingerprint density at radius 3 is 3.12 bits per heavy atom. The lowest BCUT2D eigenvalue weighted by Crippen LogP contribution is -2.18. The fraction of sp³-hybridized carbons (Fsp3) is 0.308. The predicted molar refractivity (Wildman–Crippen MR) is 59.4 cm³/mol. The Balaban J connectivity index is 2.33. The van der Waals surface area contributed by atoms with Crippen molar-refractivity contribution in [3.8, 4) is 0 Å². The SMILES string of the molecule is CCOC(=O)C1CC=Cc2cc(F)ccc21. The summed E-state index contributed by atoms with van der Waals surface area (Å²) < 4.78 is 18.0. The third-order valence-electron chi connectivity index (χ3n) is 2.66. The average molecular weight is 220 g/mol. The van der Waals surface area contributed by atoms with Crippen molar-refractivity contribution < 1.29 is 13.9 Å². The number of carbonyl (C=O) groups excluding carboxylic acids is 1. The summed E-state index contributed by atoms with van der Waals surface area (Å²) in [6, 6.07) is 4.48. The van der Waals surface area contributed by atoms with Crippen LogP contribution in [-0.4, -0.2) is 12.6 Å². The molecule has 0 N–H and O–H groups in total. The van der Waals surface area contributed by atoms with Crippen LogP contribution in [0.25, 0.3) is 6.08 Å². The number of halogens is 1. The highest BCUT2D eigenvalue weighted by Gasteiger charge is 2.25. The van der Waals surface area contributed by atoms with Crippen LogP contribution in [0.2, 0.25) is 0 Å². The minimum Gasteiger partial charge on any atom is -0.466 e. The van der Waals surface area contributed by atoms with E-state index in [4.69, 9.17) is 4.74 Å². The van der Waals surface area contributed by atoms with E-state index in [1.165, 1.54) is 12.1 Å². The normalized spacial score (nSPS) is 18.0. The summed E-state index contributed by atoms with van der Waals surface area (Å²) in [5, 5.41) is 0. The van der Waals surface area contributed by atoms with Crippen molar-refractivity contribution in [1.82, 2.24) is 0 Å². The Labute approximate surface area is 93.7 Å². The number of fused-ring (bicyclic) bond motifs is 1. The zero-order valence-electron chi connectivity index (χ0n) is 9.07. The summed E-state index contributed by atoms with van der Waals surface area (Å²) in [4.78, 5) is 11.7. The van der Waals surface area contributed by atoms with Crippen LogP contribution in [0.4, 0.5) is 4.39 Å². The van der Waals surface area contributed by atoms with E-state index in [2.05, 4.69) is 0 Å². The largest absolute Gasteiger partial charge is 0.466 e. The predicted octanol–water partition coefficient (Wildman–Crippen LogP) is 2.89. The Bertz CT molecular complexity index is 438. The Morgan fingerprint density at radius 2 is 2.38 bits per heavy atom.